The summed E-state index contributed by atoms with van der Waals surface area (Å²) in [7, 11) is 1.69. The zero-order valence-corrected chi connectivity index (χ0v) is 11.2. The first-order valence-electron chi connectivity index (χ1n) is 5.75. The number of fused-ring (bicyclic) bond motifs is 1. The summed E-state index contributed by atoms with van der Waals surface area (Å²) in [6, 6.07) is 6.30. The van der Waals surface area contributed by atoms with Gasteiger partial charge in [0, 0.05) is 0 Å². The lowest BCUT2D eigenvalue weighted by molar-refractivity contribution is 0.387. The van der Waals surface area contributed by atoms with Crippen molar-refractivity contribution in [1.29, 1.82) is 0 Å². The summed E-state index contributed by atoms with van der Waals surface area (Å²) in [5.41, 5.74) is 1.05. The molecule has 1 N–H and O–H groups in total. The van der Waals surface area contributed by atoms with E-state index in [0.717, 1.165) is 34.8 Å². The Hall–Kier alpha value is -1.07. The topological polar surface area (TPSA) is 38.6 Å². The van der Waals surface area contributed by atoms with Gasteiger partial charge in [-0.1, -0.05) is 6.07 Å². The fourth-order valence-corrected chi connectivity index (χ4v) is 2.88. The Morgan fingerprint density at radius 1 is 1.53 bits per heavy atom. The second-order valence-corrected chi connectivity index (χ2v) is 4.95. The van der Waals surface area contributed by atoms with Gasteiger partial charge in [0.1, 0.15) is 10.4 Å². The van der Waals surface area contributed by atoms with E-state index in [9.17, 15) is 0 Å². The smallest absolute Gasteiger partial charge is 0.199 e. The Morgan fingerprint density at radius 3 is 3.12 bits per heavy atom. The van der Waals surface area contributed by atoms with Crippen molar-refractivity contribution in [2.45, 2.75) is 18.9 Å². The van der Waals surface area contributed by atoms with Gasteiger partial charge in [-0.25, -0.2) is 4.98 Å². The zero-order valence-electron chi connectivity index (χ0n) is 9.61. The standard InChI is InChI=1S/C12H14BrN3O/c1-17-10-6-2-5-9-11(13)15-12(16(9)10)8-4-3-7-14-8/h2,5-6,8,14H,3-4,7H2,1H3. The molecule has 0 saturated carbocycles. The van der Waals surface area contributed by atoms with E-state index in [4.69, 9.17) is 4.74 Å². The average molecular weight is 296 g/mol. The minimum atomic E-state index is 0.324. The van der Waals surface area contributed by atoms with Crippen LogP contribution in [0.15, 0.2) is 22.8 Å². The molecule has 1 saturated heterocycles. The molecule has 2 aromatic heterocycles. The summed E-state index contributed by atoms with van der Waals surface area (Å²) in [5, 5.41) is 3.47. The van der Waals surface area contributed by atoms with Crippen LogP contribution in [0, 0.1) is 0 Å². The van der Waals surface area contributed by atoms with Gasteiger partial charge in [-0.15, -0.1) is 0 Å². The molecule has 0 amide bonds. The monoisotopic (exact) mass is 295 g/mol. The molecular weight excluding hydrogens is 282 g/mol. The van der Waals surface area contributed by atoms with Gasteiger partial charge in [0.05, 0.1) is 18.7 Å². The molecule has 0 radical (unpaired) electrons. The number of nitrogens with one attached hydrogen (secondary N) is 1. The van der Waals surface area contributed by atoms with Gasteiger partial charge in [-0.05, 0) is 47.4 Å². The predicted octanol–water partition coefficient (Wildman–Crippen LogP) is 2.53. The van der Waals surface area contributed by atoms with Gasteiger partial charge in [-0.2, -0.15) is 0 Å². The largest absolute Gasteiger partial charge is 0.482 e. The van der Waals surface area contributed by atoms with Gasteiger partial charge >= 0.3 is 0 Å². The number of ether oxygens (including phenoxy) is 1. The van der Waals surface area contributed by atoms with E-state index in [-0.39, 0.29) is 0 Å². The Balaban J connectivity index is 2.23. The molecular formula is C12H14BrN3O. The Morgan fingerprint density at radius 2 is 2.41 bits per heavy atom. The van der Waals surface area contributed by atoms with Gasteiger partial charge in [0.25, 0.3) is 0 Å². The van der Waals surface area contributed by atoms with E-state index < -0.39 is 0 Å². The van der Waals surface area contributed by atoms with Crippen LogP contribution in [0.5, 0.6) is 5.88 Å². The van der Waals surface area contributed by atoms with Crippen molar-refractivity contribution < 1.29 is 4.74 Å². The maximum Gasteiger partial charge on any atom is 0.199 e. The van der Waals surface area contributed by atoms with Gasteiger partial charge < -0.3 is 10.1 Å². The molecule has 3 rings (SSSR count). The molecule has 1 unspecified atom stereocenters. The van der Waals surface area contributed by atoms with E-state index in [1.807, 2.05) is 18.2 Å². The minimum absolute atomic E-state index is 0.324. The third-order valence-corrected chi connectivity index (χ3v) is 3.77. The highest BCUT2D eigenvalue weighted by molar-refractivity contribution is 9.10. The van der Waals surface area contributed by atoms with E-state index in [2.05, 4.69) is 30.6 Å². The predicted molar refractivity (Wildman–Crippen MR) is 69.4 cm³/mol. The summed E-state index contributed by atoms with van der Waals surface area (Å²) in [5.74, 6) is 1.85. The first-order chi connectivity index (χ1) is 8.31. The molecule has 4 nitrogen and oxygen atoms in total. The van der Waals surface area contributed by atoms with E-state index in [0.29, 0.717) is 6.04 Å². The second-order valence-electron chi connectivity index (χ2n) is 4.20. The SMILES string of the molecule is COc1cccc2c(Br)nc(C3CCCN3)n12. The lowest BCUT2D eigenvalue weighted by atomic mass is 10.2. The summed E-state index contributed by atoms with van der Waals surface area (Å²) < 4.78 is 8.37. The van der Waals surface area contributed by atoms with E-state index in [1.54, 1.807) is 7.11 Å². The van der Waals surface area contributed by atoms with Crippen LogP contribution in [0.3, 0.4) is 0 Å². The second kappa shape index (κ2) is 4.31. The highest BCUT2D eigenvalue weighted by Gasteiger charge is 2.23. The molecule has 0 spiro atoms. The molecule has 0 aromatic carbocycles. The zero-order chi connectivity index (χ0) is 11.8. The van der Waals surface area contributed by atoms with Gasteiger partial charge in [0.2, 0.25) is 0 Å². The van der Waals surface area contributed by atoms with Crippen LogP contribution in [0.25, 0.3) is 5.52 Å². The van der Waals surface area contributed by atoms with Crippen LogP contribution in [0.2, 0.25) is 0 Å². The van der Waals surface area contributed by atoms with Gasteiger partial charge in [-0.3, -0.25) is 4.40 Å². The number of rotatable bonds is 2. The Kier molecular flexibility index (Phi) is 2.80. The number of imidazole rings is 1. The highest BCUT2D eigenvalue weighted by atomic mass is 79.9. The number of aromatic nitrogens is 2. The summed E-state index contributed by atoms with van der Waals surface area (Å²) in [4.78, 5) is 4.62. The minimum Gasteiger partial charge on any atom is -0.482 e. The molecule has 1 atom stereocenters. The average Bonchev–Trinajstić information content (AvgIpc) is 2.97. The first-order valence-corrected chi connectivity index (χ1v) is 6.55. The molecule has 3 heterocycles. The van der Waals surface area contributed by atoms with E-state index in [1.165, 1.54) is 6.42 Å². The van der Waals surface area contributed by atoms with E-state index >= 15 is 0 Å². The van der Waals surface area contributed by atoms with Crippen LogP contribution in [-0.2, 0) is 0 Å². The first kappa shape index (κ1) is 11.0. The maximum absolute atomic E-state index is 5.42. The summed E-state index contributed by atoms with van der Waals surface area (Å²) >= 11 is 3.51. The van der Waals surface area contributed by atoms with Crippen LogP contribution < -0.4 is 10.1 Å². The number of methoxy groups -OCH3 is 1. The van der Waals surface area contributed by atoms with Crippen molar-refractivity contribution in [3.8, 4) is 5.88 Å². The van der Waals surface area contributed by atoms with Crippen LogP contribution >= 0.6 is 15.9 Å². The molecule has 90 valence electrons. The molecule has 1 fully saturated rings. The molecule has 5 heteroatoms. The molecule has 0 aliphatic carbocycles. The lowest BCUT2D eigenvalue weighted by Gasteiger charge is -2.11. The number of hydrogen-bond donors (Lipinski definition) is 1. The third kappa shape index (κ3) is 1.73. The lowest BCUT2D eigenvalue weighted by Crippen LogP contribution is -2.16. The number of hydrogen-bond acceptors (Lipinski definition) is 3. The van der Waals surface area contributed by atoms with Crippen LogP contribution in [0.4, 0.5) is 0 Å². The molecule has 1 aliphatic heterocycles. The molecule has 2 aromatic rings. The van der Waals surface area contributed by atoms with Crippen LogP contribution in [0.1, 0.15) is 24.7 Å². The summed E-state index contributed by atoms with van der Waals surface area (Å²) in [6.07, 6.45) is 2.33. The Bertz CT molecular complexity index is 546. The molecule has 0 bridgehead atoms. The Labute approximate surface area is 108 Å². The van der Waals surface area contributed by atoms with Crippen molar-refractivity contribution >= 4 is 21.4 Å². The maximum atomic E-state index is 5.42. The van der Waals surface area contributed by atoms with Gasteiger partial charge in [0.15, 0.2) is 5.88 Å². The van der Waals surface area contributed by atoms with Crippen molar-refractivity contribution in [1.82, 2.24) is 14.7 Å². The van der Waals surface area contributed by atoms with Crippen molar-refractivity contribution in [3.05, 3.63) is 28.6 Å². The van der Waals surface area contributed by atoms with Crippen molar-refractivity contribution in [3.63, 3.8) is 0 Å². The fourth-order valence-electron chi connectivity index (χ4n) is 2.39. The van der Waals surface area contributed by atoms with Crippen LogP contribution in [-0.4, -0.2) is 23.0 Å². The van der Waals surface area contributed by atoms with Crippen molar-refractivity contribution in [2.24, 2.45) is 0 Å². The quantitative estimate of drug-likeness (QED) is 0.925. The number of nitrogens with zero attached hydrogens (tertiary/aromatic N) is 2. The fraction of sp³-hybridized carbons (Fsp3) is 0.417. The van der Waals surface area contributed by atoms with Crippen molar-refractivity contribution in [2.75, 3.05) is 13.7 Å². The number of halogens is 1. The third-order valence-electron chi connectivity index (χ3n) is 3.19. The molecule has 1 aliphatic rings. The number of pyridine rings is 1. The molecule has 17 heavy (non-hydrogen) atoms. The summed E-state index contributed by atoms with van der Waals surface area (Å²) in [6.45, 7) is 1.06. The normalized spacial score (nSPS) is 20.0. The highest BCUT2D eigenvalue weighted by Crippen LogP contribution is 2.30.